The van der Waals surface area contributed by atoms with Gasteiger partial charge < -0.3 is 10.1 Å². The molecule has 1 N–H and O–H groups in total. The molecule has 16 heavy (non-hydrogen) atoms. The average molecular weight is 219 g/mol. The normalized spacial score (nSPS) is 19.8. The fraction of sp³-hybridized carbons (Fsp3) is 0.571. The van der Waals surface area contributed by atoms with Gasteiger partial charge in [-0.05, 0) is 24.0 Å². The molecule has 1 aliphatic rings. The van der Waals surface area contributed by atoms with Crippen LogP contribution in [0.3, 0.4) is 0 Å². The molecule has 0 radical (unpaired) electrons. The molecule has 0 saturated heterocycles. The van der Waals surface area contributed by atoms with Crippen molar-refractivity contribution >= 4 is 0 Å². The molecule has 1 heterocycles. The molecular formula is C14H21NO. The van der Waals surface area contributed by atoms with E-state index in [0.29, 0.717) is 12.1 Å². The van der Waals surface area contributed by atoms with Gasteiger partial charge in [-0.1, -0.05) is 38.1 Å². The minimum absolute atomic E-state index is 0.370. The van der Waals surface area contributed by atoms with Crippen LogP contribution < -0.4 is 5.32 Å². The number of nitrogens with one attached hydrogen (secondary N) is 1. The molecule has 88 valence electrons. The summed E-state index contributed by atoms with van der Waals surface area (Å²) >= 11 is 0. The first kappa shape index (κ1) is 11.6. The van der Waals surface area contributed by atoms with Crippen LogP contribution >= 0.6 is 0 Å². The van der Waals surface area contributed by atoms with Crippen LogP contribution in [0, 0.1) is 0 Å². The molecule has 0 saturated carbocycles. The van der Waals surface area contributed by atoms with Gasteiger partial charge in [0, 0.05) is 6.04 Å². The van der Waals surface area contributed by atoms with Crippen molar-refractivity contribution in [3.8, 4) is 0 Å². The molecule has 0 aliphatic carbocycles. The first-order valence-electron chi connectivity index (χ1n) is 6.26. The van der Waals surface area contributed by atoms with Crippen LogP contribution in [0.25, 0.3) is 0 Å². The van der Waals surface area contributed by atoms with Crippen molar-refractivity contribution in [2.75, 3.05) is 6.61 Å². The molecule has 0 aromatic heterocycles. The molecule has 1 unspecified atom stereocenters. The van der Waals surface area contributed by atoms with E-state index in [1.165, 1.54) is 24.0 Å². The summed E-state index contributed by atoms with van der Waals surface area (Å²) in [5.74, 6) is 0. The van der Waals surface area contributed by atoms with Gasteiger partial charge in [0.15, 0.2) is 0 Å². The number of benzene rings is 1. The molecule has 0 spiro atoms. The summed E-state index contributed by atoms with van der Waals surface area (Å²) in [5, 5.41) is 3.69. The maximum atomic E-state index is 5.64. The Hall–Kier alpha value is -0.860. The van der Waals surface area contributed by atoms with E-state index in [4.69, 9.17) is 4.74 Å². The Morgan fingerprint density at radius 3 is 2.81 bits per heavy atom. The van der Waals surface area contributed by atoms with Crippen molar-refractivity contribution in [3.63, 3.8) is 0 Å². The summed E-state index contributed by atoms with van der Waals surface area (Å²) in [5.41, 5.74) is 2.75. The third-order valence-electron chi connectivity index (χ3n) is 3.40. The maximum Gasteiger partial charge on any atom is 0.0721 e. The van der Waals surface area contributed by atoms with Crippen molar-refractivity contribution in [2.24, 2.45) is 0 Å². The number of hydrogen-bond donors (Lipinski definition) is 1. The molecule has 0 fully saturated rings. The van der Waals surface area contributed by atoms with Crippen LogP contribution in [0.4, 0.5) is 0 Å². The highest BCUT2D eigenvalue weighted by atomic mass is 16.5. The van der Waals surface area contributed by atoms with E-state index in [0.717, 1.165) is 13.2 Å². The topological polar surface area (TPSA) is 21.3 Å². The van der Waals surface area contributed by atoms with Crippen LogP contribution in [-0.2, 0) is 11.3 Å². The zero-order valence-electron chi connectivity index (χ0n) is 10.2. The largest absolute Gasteiger partial charge is 0.375 e. The Morgan fingerprint density at radius 1 is 1.31 bits per heavy atom. The first-order chi connectivity index (χ1) is 7.85. The molecular weight excluding hydrogens is 198 g/mol. The Labute approximate surface area is 98.0 Å². The van der Waals surface area contributed by atoms with E-state index in [1.807, 2.05) is 0 Å². The highest BCUT2D eigenvalue weighted by Gasteiger charge is 2.21. The minimum Gasteiger partial charge on any atom is -0.375 e. The number of hydrogen-bond acceptors (Lipinski definition) is 2. The third-order valence-corrected chi connectivity index (χ3v) is 3.40. The van der Waals surface area contributed by atoms with Crippen molar-refractivity contribution < 1.29 is 4.74 Å². The van der Waals surface area contributed by atoms with Gasteiger partial charge in [0.25, 0.3) is 0 Å². The Kier molecular flexibility index (Phi) is 3.97. The SMILES string of the molecule is CCC(CC)NC1COCc2ccccc21. The molecule has 1 aromatic rings. The third kappa shape index (κ3) is 2.45. The quantitative estimate of drug-likeness (QED) is 0.840. The Morgan fingerprint density at radius 2 is 2.06 bits per heavy atom. The van der Waals surface area contributed by atoms with Crippen molar-refractivity contribution in [2.45, 2.75) is 45.4 Å². The van der Waals surface area contributed by atoms with Crippen LogP contribution in [-0.4, -0.2) is 12.6 Å². The highest BCUT2D eigenvalue weighted by Crippen LogP contribution is 2.25. The van der Waals surface area contributed by atoms with Crippen molar-refractivity contribution in [1.29, 1.82) is 0 Å². The fourth-order valence-corrected chi connectivity index (χ4v) is 2.33. The van der Waals surface area contributed by atoms with Gasteiger partial charge in [-0.25, -0.2) is 0 Å². The Balaban J connectivity index is 2.12. The van der Waals surface area contributed by atoms with Crippen LogP contribution in [0.1, 0.15) is 43.9 Å². The predicted molar refractivity (Wildman–Crippen MR) is 66.3 cm³/mol. The van der Waals surface area contributed by atoms with E-state index in [9.17, 15) is 0 Å². The second-order valence-corrected chi connectivity index (χ2v) is 4.45. The summed E-state index contributed by atoms with van der Waals surface area (Å²) in [6.07, 6.45) is 2.35. The lowest BCUT2D eigenvalue weighted by Gasteiger charge is -2.29. The van der Waals surface area contributed by atoms with Gasteiger partial charge in [0.1, 0.15) is 0 Å². The van der Waals surface area contributed by atoms with Crippen molar-refractivity contribution in [1.82, 2.24) is 5.32 Å². The zero-order valence-corrected chi connectivity index (χ0v) is 10.2. The molecule has 0 bridgehead atoms. The smallest absolute Gasteiger partial charge is 0.0721 e. The monoisotopic (exact) mass is 219 g/mol. The van der Waals surface area contributed by atoms with Crippen molar-refractivity contribution in [3.05, 3.63) is 35.4 Å². The summed E-state index contributed by atoms with van der Waals surface area (Å²) in [4.78, 5) is 0. The Bertz CT molecular complexity index is 333. The lowest BCUT2D eigenvalue weighted by molar-refractivity contribution is 0.0780. The summed E-state index contributed by atoms with van der Waals surface area (Å²) < 4.78 is 5.64. The molecule has 2 heteroatoms. The number of rotatable bonds is 4. The number of fused-ring (bicyclic) bond motifs is 1. The van der Waals surface area contributed by atoms with Gasteiger partial charge in [-0.2, -0.15) is 0 Å². The standard InChI is InChI=1S/C14H21NO/c1-3-12(4-2)15-14-10-16-9-11-7-5-6-8-13(11)14/h5-8,12,14-15H,3-4,9-10H2,1-2H3. The second-order valence-electron chi connectivity index (χ2n) is 4.45. The lowest BCUT2D eigenvalue weighted by atomic mass is 9.98. The van der Waals surface area contributed by atoms with Crippen LogP contribution in [0.5, 0.6) is 0 Å². The van der Waals surface area contributed by atoms with E-state index in [-0.39, 0.29) is 0 Å². The highest BCUT2D eigenvalue weighted by molar-refractivity contribution is 5.31. The average Bonchev–Trinajstić information content (AvgIpc) is 2.36. The van der Waals surface area contributed by atoms with E-state index < -0.39 is 0 Å². The van der Waals surface area contributed by atoms with E-state index in [1.54, 1.807) is 0 Å². The number of ether oxygens (including phenoxy) is 1. The maximum absolute atomic E-state index is 5.64. The zero-order chi connectivity index (χ0) is 11.4. The molecule has 1 atom stereocenters. The molecule has 2 nitrogen and oxygen atoms in total. The van der Waals surface area contributed by atoms with Gasteiger partial charge in [0.05, 0.1) is 19.3 Å². The van der Waals surface area contributed by atoms with Crippen LogP contribution in [0.15, 0.2) is 24.3 Å². The molecule has 2 rings (SSSR count). The fourth-order valence-electron chi connectivity index (χ4n) is 2.33. The van der Waals surface area contributed by atoms with Gasteiger partial charge >= 0.3 is 0 Å². The van der Waals surface area contributed by atoms with Crippen LogP contribution in [0.2, 0.25) is 0 Å². The van der Waals surface area contributed by atoms with Gasteiger partial charge in [-0.3, -0.25) is 0 Å². The second kappa shape index (κ2) is 5.46. The lowest BCUT2D eigenvalue weighted by Crippen LogP contribution is -2.36. The minimum atomic E-state index is 0.370. The van der Waals surface area contributed by atoms with E-state index >= 15 is 0 Å². The molecule has 1 aliphatic heterocycles. The summed E-state index contributed by atoms with van der Waals surface area (Å²) in [6, 6.07) is 9.55. The van der Waals surface area contributed by atoms with Gasteiger partial charge in [0.2, 0.25) is 0 Å². The molecule has 1 aromatic carbocycles. The molecule has 0 amide bonds. The summed E-state index contributed by atoms with van der Waals surface area (Å²) in [6.45, 7) is 6.03. The van der Waals surface area contributed by atoms with Gasteiger partial charge in [-0.15, -0.1) is 0 Å². The first-order valence-corrected chi connectivity index (χ1v) is 6.26. The predicted octanol–water partition coefficient (Wildman–Crippen LogP) is 3.04. The van der Waals surface area contributed by atoms with E-state index in [2.05, 4.69) is 43.4 Å². The summed E-state index contributed by atoms with van der Waals surface area (Å²) in [7, 11) is 0.